The van der Waals surface area contributed by atoms with Crippen LogP contribution in [-0.2, 0) is 0 Å². The second-order valence-corrected chi connectivity index (χ2v) is 12.4. The van der Waals surface area contributed by atoms with Crippen molar-refractivity contribution < 1.29 is 0 Å². The Bertz CT molecular complexity index is 517. The highest BCUT2D eigenvalue weighted by Crippen LogP contribution is 2.52. The van der Waals surface area contributed by atoms with Gasteiger partial charge in [0.25, 0.3) is 0 Å². The molecule has 1 heteroatoms. The van der Waals surface area contributed by atoms with Gasteiger partial charge in [-0.15, -0.1) is 0 Å². The van der Waals surface area contributed by atoms with Gasteiger partial charge in [-0.05, 0) is 111 Å². The van der Waals surface area contributed by atoms with Crippen LogP contribution in [0.2, 0.25) is 0 Å². The maximum Gasteiger partial charge on any atom is 0.0655 e. The van der Waals surface area contributed by atoms with Crippen molar-refractivity contribution in [2.45, 2.75) is 118 Å². The van der Waals surface area contributed by atoms with Gasteiger partial charge < -0.3 is 0 Å². The molecule has 0 spiro atoms. The summed E-state index contributed by atoms with van der Waals surface area (Å²) < 4.78 is 0. The fourth-order valence-electron chi connectivity index (χ4n) is 7.30. The van der Waals surface area contributed by atoms with Gasteiger partial charge in [-0.3, -0.25) is 0 Å². The molecule has 0 N–H and O–H groups in total. The van der Waals surface area contributed by atoms with Crippen LogP contribution in [0, 0.1) is 57.7 Å². The molecule has 0 radical (unpaired) electrons. The first-order valence-corrected chi connectivity index (χ1v) is 12.6. The molecule has 0 aromatic rings. The largest absolute Gasteiger partial charge is 0.198 e. The molecule has 0 aliphatic heterocycles. The molecule has 3 fully saturated rings. The molecule has 28 heavy (non-hydrogen) atoms. The Morgan fingerprint density at radius 3 is 1.61 bits per heavy atom. The van der Waals surface area contributed by atoms with E-state index in [1.54, 1.807) is 0 Å². The summed E-state index contributed by atoms with van der Waals surface area (Å²) in [6.07, 6.45) is 18.1. The summed E-state index contributed by atoms with van der Waals surface area (Å²) in [6, 6.07) is 2.52. The molecule has 0 aromatic heterocycles. The van der Waals surface area contributed by atoms with Gasteiger partial charge in [-0.1, -0.05) is 47.5 Å². The van der Waals surface area contributed by atoms with E-state index in [0.29, 0.717) is 16.7 Å². The minimum absolute atomic E-state index is 0.358. The average Bonchev–Trinajstić information content (AvgIpc) is 2.94. The van der Waals surface area contributed by atoms with E-state index in [1.165, 1.54) is 83.5 Å². The van der Waals surface area contributed by atoms with Gasteiger partial charge in [0.1, 0.15) is 0 Å². The first-order chi connectivity index (χ1) is 13.2. The highest BCUT2D eigenvalue weighted by atomic mass is 14.5. The number of hydrogen-bond acceptors (Lipinski definition) is 1. The van der Waals surface area contributed by atoms with Crippen LogP contribution in [0.5, 0.6) is 0 Å². The highest BCUT2D eigenvalue weighted by Gasteiger charge is 2.41. The Labute approximate surface area is 176 Å². The molecule has 0 aromatic carbocycles. The van der Waals surface area contributed by atoms with Crippen molar-refractivity contribution in [2.75, 3.05) is 0 Å². The van der Waals surface area contributed by atoms with Crippen molar-refractivity contribution in [2.24, 2.45) is 46.3 Å². The Morgan fingerprint density at radius 2 is 1.04 bits per heavy atom. The third kappa shape index (κ3) is 5.15. The van der Waals surface area contributed by atoms with Crippen LogP contribution in [0.15, 0.2) is 0 Å². The minimum Gasteiger partial charge on any atom is -0.198 e. The van der Waals surface area contributed by atoms with Gasteiger partial charge in [-0.2, -0.15) is 5.26 Å². The molecule has 1 nitrogen and oxygen atoms in total. The molecule has 3 aliphatic carbocycles. The highest BCUT2D eigenvalue weighted by molar-refractivity contribution is 4.93. The van der Waals surface area contributed by atoms with Gasteiger partial charge in [0.05, 0.1) is 6.07 Å². The summed E-state index contributed by atoms with van der Waals surface area (Å²) in [7, 11) is 0. The molecular weight excluding hydrogens is 338 g/mol. The molecule has 2 unspecified atom stereocenters. The van der Waals surface area contributed by atoms with E-state index in [4.69, 9.17) is 0 Å². The Morgan fingerprint density at radius 1 is 0.571 bits per heavy atom. The van der Waals surface area contributed by atoms with Gasteiger partial charge in [0.15, 0.2) is 0 Å². The molecule has 160 valence electrons. The van der Waals surface area contributed by atoms with E-state index in [2.05, 4.69) is 40.7 Å². The maximum atomic E-state index is 9.19. The third-order valence-corrected chi connectivity index (χ3v) is 9.69. The van der Waals surface area contributed by atoms with E-state index in [0.717, 1.165) is 29.6 Å². The summed E-state index contributed by atoms with van der Waals surface area (Å²) in [5.41, 5.74) is 1.02. The Kier molecular flexibility index (Phi) is 7.21. The van der Waals surface area contributed by atoms with Crippen molar-refractivity contribution in [3.63, 3.8) is 0 Å². The molecule has 0 heterocycles. The van der Waals surface area contributed by atoms with Crippen LogP contribution in [0.25, 0.3) is 0 Å². The molecule has 0 saturated heterocycles. The summed E-state index contributed by atoms with van der Waals surface area (Å²) in [6.45, 7) is 12.6. The maximum absolute atomic E-state index is 9.19. The van der Waals surface area contributed by atoms with Gasteiger partial charge >= 0.3 is 0 Å². The number of hydrogen-bond donors (Lipinski definition) is 0. The van der Waals surface area contributed by atoms with Crippen LogP contribution < -0.4 is 0 Å². The van der Waals surface area contributed by atoms with Gasteiger partial charge in [0, 0.05) is 5.92 Å². The normalized spacial score (nSPS) is 38.4. The number of nitriles is 1. The molecule has 3 aliphatic rings. The monoisotopic (exact) mass is 385 g/mol. The fraction of sp³-hybridized carbons (Fsp3) is 0.963. The smallest absolute Gasteiger partial charge is 0.0655 e. The SMILES string of the molecule is CC(C)(C)C1CCC(C(C)(C)C2CCCC(C3CCC(C#N)CC3)CC2)CC1. The summed E-state index contributed by atoms with van der Waals surface area (Å²) in [4.78, 5) is 0. The first-order valence-electron chi connectivity index (χ1n) is 12.6. The summed E-state index contributed by atoms with van der Waals surface area (Å²) >= 11 is 0. The van der Waals surface area contributed by atoms with Crippen LogP contribution in [0.1, 0.15) is 118 Å². The second kappa shape index (κ2) is 9.10. The molecule has 0 amide bonds. The topological polar surface area (TPSA) is 23.8 Å². The number of nitrogens with zero attached hydrogens (tertiary/aromatic N) is 1. The van der Waals surface area contributed by atoms with E-state index < -0.39 is 0 Å². The molecule has 2 atom stereocenters. The first kappa shape index (κ1) is 22.2. The van der Waals surface area contributed by atoms with Crippen LogP contribution >= 0.6 is 0 Å². The molecule has 3 rings (SSSR count). The van der Waals surface area contributed by atoms with Crippen molar-refractivity contribution in [3.8, 4) is 6.07 Å². The lowest BCUT2D eigenvalue weighted by molar-refractivity contribution is 0.0388. The average molecular weight is 386 g/mol. The standard InChI is InChI=1S/C27H47N/c1-26(2,3)23-15-17-25(18-16-23)27(4,5)24-8-6-7-21(13-14-24)22-11-9-20(19-28)10-12-22/h20-25H,6-18H2,1-5H3. The van der Waals surface area contributed by atoms with Crippen LogP contribution in [-0.4, -0.2) is 0 Å². The zero-order valence-electron chi connectivity index (χ0n) is 19.6. The summed E-state index contributed by atoms with van der Waals surface area (Å²) in [5, 5.41) is 9.19. The van der Waals surface area contributed by atoms with Gasteiger partial charge in [-0.25, -0.2) is 0 Å². The third-order valence-electron chi connectivity index (χ3n) is 9.69. The quantitative estimate of drug-likeness (QED) is 0.447. The lowest BCUT2D eigenvalue weighted by atomic mass is 9.59. The second-order valence-electron chi connectivity index (χ2n) is 12.4. The lowest BCUT2D eigenvalue weighted by Gasteiger charge is -2.46. The Balaban J connectivity index is 1.52. The lowest BCUT2D eigenvalue weighted by Crippen LogP contribution is -2.37. The van der Waals surface area contributed by atoms with E-state index in [1.807, 2.05) is 0 Å². The minimum atomic E-state index is 0.358. The fourth-order valence-corrected chi connectivity index (χ4v) is 7.30. The predicted molar refractivity (Wildman–Crippen MR) is 120 cm³/mol. The van der Waals surface area contributed by atoms with Crippen molar-refractivity contribution in [1.82, 2.24) is 0 Å². The summed E-state index contributed by atoms with van der Waals surface area (Å²) in [5.74, 6) is 5.05. The van der Waals surface area contributed by atoms with Crippen molar-refractivity contribution in [3.05, 3.63) is 0 Å². The van der Waals surface area contributed by atoms with E-state index in [9.17, 15) is 5.26 Å². The zero-order valence-corrected chi connectivity index (χ0v) is 19.6. The van der Waals surface area contributed by atoms with Crippen molar-refractivity contribution >= 4 is 0 Å². The van der Waals surface area contributed by atoms with Crippen LogP contribution in [0.3, 0.4) is 0 Å². The van der Waals surface area contributed by atoms with Gasteiger partial charge in [0.2, 0.25) is 0 Å². The predicted octanol–water partition coefficient (Wildman–Crippen LogP) is 8.39. The van der Waals surface area contributed by atoms with Crippen molar-refractivity contribution in [1.29, 1.82) is 5.26 Å². The van der Waals surface area contributed by atoms with E-state index >= 15 is 0 Å². The molecule has 0 bridgehead atoms. The van der Waals surface area contributed by atoms with E-state index in [-0.39, 0.29) is 0 Å². The van der Waals surface area contributed by atoms with Crippen LogP contribution in [0.4, 0.5) is 0 Å². The molecule has 3 saturated carbocycles. The zero-order chi connectivity index (χ0) is 20.4. The Hall–Kier alpha value is -0.510. The number of rotatable bonds is 3. The molecular formula is C27H47N.